The third-order valence-electron chi connectivity index (χ3n) is 9.48. The van der Waals surface area contributed by atoms with Crippen LogP contribution in [0, 0.1) is 23.0 Å². The zero-order valence-electron chi connectivity index (χ0n) is 24.0. The van der Waals surface area contributed by atoms with Gasteiger partial charge in [-0.05, 0) is 37.4 Å². The number of thiophene rings is 1. The van der Waals surface area contributed by atoms with Crippen molar-refractivity contribution < 1.29 is 27.4 Å². The van der Waals surface area contributed by atoms with Crippen LogP contribution in [-0.4, -0.2) is 73.0 Å². The molecular weight excluding hydrogens is 629 g/mol. The van der Waals surface area contributed by atoms with Crippen molar-refractivity contribution in [3.05, 3.63) is 52.1 Å². The highest BCUT2D eigenvalue weighted by atomic mass is 35.5. The van der Waals surface area contributed by atoms with E-state index in [1.54, 1.807) is 6.20 Å². The molecule has 5 aliphatic heterocycles. The van der Waals surface area contributed by atoms with Crippen LogP contribution >= 0.6 is 22.9 Å². The highest BCUT2D eigenvalue weighted by Crippen LogP contribution is 2.51. The molecule has 5 aliphatic rings. The number of nitrogens with two attached hydrogens (primary N) is 1. The lowest BCUT2D eigenvalue weighted by atomic mass is 9.94. The number of ether oxygens (including phenoxy) is 3. The fourth-order valence-corrected chi connectivity index (χ4v) is 8.71. The molecule has 0 aliphatic carbocycles. The number of anilines is 2. The Kier molecular flexibility index (Phi) is 6.83. The molecule has 3 aromatic rings. The zero-order valence-corrected chi connectivity index (χ0v) is 25.5. The van der Waals surface area contributed by atoms with Gasteiger partial charge in [0.15, 0.2) is 11.6 Å². The van der Waals surface area contributed by atoms with E-state index in [4.69, 9.17) is 36.5 Å². The van der Waals surface area contributed by atoms with E-state index in [0.29, 0.717) is 49.7 Å². The quantitative estimate of drug-likeness (QED) is 0.347. The summed E-state index contributed by atoms with van der Waals surface area (Å²) < 4.78 is 64.9. The van der Waals surface area contributed by atoms with E-state index in [2.05, 4.69) is 10.2 Å². The maximum absolute atomic E-state index is 17.1. The van der Waals surface area contributed by atoms with Gasteiger partial charge in [0, 0.05) is 30.5 Å². The molecule has 0 radical (unpaired) electrons. The SMILES string of the molecule is N#Cc1c(N)sc2c(F)ccc(-c3c(F)c4c5c(c3Cl)NCN=C5N([C@@H]3CCOC3)C=C(OC[C@@]35CCCN3C[C@H](F)C5)O4)c12. The average molecular weight is 657 g/mol. The zero-order chi connectivity index (χ0) is 31.0. The average Bonchev–Trinajstić information content (AvgIpc) is 3.79. The number of nitrogens with zero attached hydrogens (tertiary/aromatic N) is 4. The number of benzene rings is 2. The van der Waals surface area contributed by atoms with E-state index in [0.717, 1.165) is 30.7 Å². The molecule has 3 saturated heterocycles. The summed E-state index contributed by atoms with van der Waals surface area (Å²) in [7, 11) is 0. The largest absolute Gasteiger partial charge is 0.462 e. The van der Waals surface area contributed by atoms with Crippen molar-refractivity contribution >= 4 is 49.5 Å². The number of nitrogens with one attached hydrogen (secondary N) is 1. The second-order valence-corrected chi connectivity index (χ2v) is 13.4. The number of amidine groups is 1. The van der Waals surface area contributed by atoms with Crippen LogP contribution in [0.5, 0.6) is 5.75 Å². The standard InChI is InChI=1S/C31H28ClF3N6O3S/c32-24-22(17-2-3-19(34)28-21(17)18(9-36)29(37)45-28)25(35)27-23-26(24)38-14-39-30(23)41(16-4-7-42-12-16)11-20(44-27)43-13-31-5-1-6-40(31)10-15(33)8-31/h2-3,11,15-16,38H,1,4-8,10,12-14,37H2/t15-,16-,31+/m1/s1. The summed E-state index contributed by atoms with van der Waals surface area (Å²) in [5.74, 6) is -1.14. The van der Waals surface area contributed by atoms with E-state index in [1.165, 1.54) is 12.1 Å². The number of nitrogen functional groups attached to an aromatic ring is 1. The number of halogens is 4. The fraction of sp³-hybridized carbons (Fsp3) is 0.419. The number of aliphatic imine (C=N–C) groups is 1. The highest BCUT2D eigenvalue weighted by Gasteiger charge is 2.50. The number of fused-ring (bicyclic) bond motifs is 2. The van der Waals surface area contributed by atoms with Crippen molar-refractivity contribution in [2.24, 2.45) is 4.99 Å². The van der Waals surface area contributed by atoms with Gasteiger partial charge in [-0.15, -0.1) is 11.3 Å². The first-order chi connectivity index (χ1) is 21.8. The van der Waals surface area contributed by atoms with Crippen LogP contribution in [-0.2, 0) is 9.47 Å². The molecule has 8 rings (SSSR count). The highest BCUT2D eigenvalue weighted by molar-refractivity contribution is 7.23. The minimum absolute atomic E-state index is 0.0243. The van der Waals surface area contributed by atoms with Crippen molar-refractivity contribution in [2.75, 3.05) is 50.6 Å². The Hall–Kier alpha value is -3.70. The van der Waals surface area contributed by atoms with Crippen molar-refractivity contribution in [3.63, 3.8) is 0 Å². The topological polar surface area (TPSA) is 108 Å². The number of rotatable bonds is 5. The molecule has 45 heavy (non-hydrogen) atoms. The Morgan fingerprint density at radius 3 is 2.98 bits per heavy atom. The van der Waals surface area contributed by atoms with Crippen molar-refractivity contribution in [2.45, 2.75) is 43.4 Å². The predicted octanol–water partition coefficient (Wildman–Crippen LogP) is 5.96. The molecule has 1 aromatic heterocycles. The molecule has 3 atom stereocenters. The molecule has 234 valence electrons. The fourth-order valence-electron chi connectivity index (χ4n) is 7.41. The van der Waals surface area contributed by atoms with Gasteiger partial charge >= 0.3 is 5.95 Å². The van der Waals surface area contributed by atoms with E-state index in [1.807, 2.05) is 11.0 Å². The van der Waals surface area contributed by atoms with Crippen molar-refractivity contribution in [1.82, 2.24) is 9.80 Å². The summed E-state index contributed by atoms with van der Waals surface area (Å²) in [5, 5.41) is 13.4. The van der Waals surface area contributed by atoms with Gasteiger partial charge in [-0.3, -0.25) is 4.90 Å². The van der Waals surface area contributed by atoms with Crippen LogP contribution in [0.4, 0.5) is 23.9 Å². The van der Waals surface area contributed by atoms with Crippen LogP contribution in [0.2, 0.25) is 5.02 Å². The first-order valence-corrected chi connectivity index (χ1v) is 16.0. The summed E-state index contributed by atoms with van der Waals surface area (Å²) >= 11 is 7.91. The lowest BCUT2D eigenvalue weighted by Crippen LogP contribution is -2.42. The van der Waals surface area contributed by atoms with Gasteiger partial charge in [0.25, 0.3) is 0 Å². The van der Waals surface area contributed by atoms with Crippen LogP contribution in [0.25, 0.3) is 21.2 Å². The summed E-state index contributed by atoms with van der Waals surface area (Å²) in [6, 6.07) is 4.49. The maximum atomic E-state index is 17.1. The second kappa shape index (κ2) is 10.7. The van der Waals surface area contributed by atoms with Crippen molar-refractivity contribution in [1.29, 1.82) is 5.26 Å². The first kappa shape index (κ1) is 28.8. The van der Waals surface area contributed by atoms with E-state index in [9.17, 15) is 14.0 Å². The van der Waals surface area contributed by atoms with Gasteiger partial charge in [0.1, 0.15) is 42.2 Å². The van der Waals surface area contributed by atoms with E-state index >= 15 is 4.39 Å². The van der Waals surface area contributed by atoms with Crippen LogP contribution in [0.1, 0.15) is 36.8 Å². The van der Waals surface area contributed by atoms with Gasteiger partial charge < -0.3 is 30.2 Å². The Bertz CT molecular complexity index is 1850. The molecule has 3 N–H and O–H groups in total. The maximum Gasteiger partial charge on any atom is 0.302 e. The summed E-state index contributed by atoms with van der Waals surface area (Å²) in [6.07, 6.45) is 3.51. The third-order valence-corrected chi connectivity index (χ3v) is 10.9. The molecule has 6 heterocycles. The minimum atomic E-state index is -0.939. The number of nitriles is 1. The molecule has 2 aromatic carbocycles. The van der Waals surface area contributed by atoms with E-state index < -0.39 is 23.3 Å². The molecule has 14 heteroatoms. The number of hydrogen-bond acceptors (Lipinski definition) is 10. The molecule has 3 fully saturated rings. The molecule has 0 unspecified atom stereocenters. The minimum Gasteiger partial charge on any atom is -0.462 e. The monoisotopic (exact) mass is 656 g/mol. The first-order valence-electron chi connectivity index (χ1n) is 14.8. The van der Waals surface area contributed by atoms with Crippen LogP contribution < -0.4 is 15.8 Å². The molecule has 0 amide bonds. The second-order valence-electron chi connectivity index (χ2n) is 12.0. The Morgan fingerprint density at radius 2 is 2.18 bits per heavy atom. The van der Waals surface area contributed by atoms with E-state index in [-0.39, 0.29) is 67.8 Å². The predicted molar refractivity (Wildman–Crippen MR) is 165 cm³/mol. The van der Waals surface area contributed by atoms with Gasteiger partial charge in [-0.25, -0.2) is 18.2 Å². The smallest absolute Gasteiger partial charge is 0.302 e. The summed E-state index contributed by atoms with van der Waals surface area (Å²) in [5.41, 5.74) is 6.46. The van der Waals surface area contributed by atoms with Crippen LogP contribution in [0.3, 0.4) is 0 Å². The number of hydrogen-bond donors (Lipinski definition) is 2. The number of alkyl halides is 1. The molecule has 0 saturated carbocycles. The summed E-state index contributed by atoms with van der Waals surface area (Å²) in [4.78, 5) is 8.72. The molecule has 0 spiro atoms. The van der Waals surface area contributed by atoms with Crippen LogP contribution in [0.15, 0.2) is 29.3 Å². The molecule has 0 bridgehead atoms. The van der Waals surface area contributed by atoms with Crippen molar-refractivity contribution in [3.8, 4) is 22.9 Å². The lowest BCUT2D eigenvalue weighted by Gasteiger charge is -2.32. The van der Waals surface area contributed by atoms with Gasteiger partial charge in [0.05, 0.1) is 50.9 Å². The van der Waals surface area contributed by atoms with Gasteiger partial charge in [0.2, 0.25) is 0 Å². The van der Waals surface area contributed by atoms with Gasteiger partial charge in [-0.1, -0.05) is 17.7 Å². The third kappa shape index (κ3) is 4.37. The summed E-state index contributed by atoms with van der Waals surface area (Å²) in [6.45, 7) is 2.44. The lowest BCUT2D eigenvalue weighted by molar-refractivity contribution is 0.0256. The Morgan fingerprint density at radius 1 is 1.31 bits per heavy atom. The van der Waals surface area contributed by atoms with Gasteiger partial charge in [-0.2, -0.15) is 5.26 Å². The Labute approximate surface area is 265 Å². The molecule has 9 nitrogen and oxygen atoms in total. The molecular formula is C31H28ClF3N6O3S. The normalized spacial score (nSPS) is 25.6. The Balaban J connectivity index is 1.29.